The maximum Gasteiger partial charge on any atom is -0.0257 e. The molecule has 0 radical (unpaired) electrons. The largest absolute Gasteiger partial charge is 0.0877 e. The second-order valence-electron chi connectivity index (χ2n) is 21.2. The predicted molar refractivity (Wildman–Crippen MR) is 199 cm³/mol. The number of hydrogen-bond donors (Lipinski definition) is 0. The molecule has 0 fully saturated rings. The van der Waals surface area contributed by atoms with E-state index in [4.69, 9.17) is 0 Å². The molecule has 0 heterocycles. The SMILES string of the molecule is CC(/C=C/CC(C)(C)C)CC(C)(C)C.CC(/C=C\CC(C)(C)C)CC(C)(C)C.CC(CCCC(C)(C)C)CC(C)(C)C. The van der Waals surface area contributed by atoms with Crippen LogP contribution in [0.1, 0.15) is 197 Å². The fourth-order valence-electron chi connectivity index (χ4n) is 5.50. The van der Waals surface area contributed by atoms with Gasteiger partial charge in [-0.2, -0.15) is 0 Å². The molecule has 0 nitrogen and oxygen atoms in total. The minimum Gasteiger partial charge on any atom is -0.0877 e. The van der Waals surface area contributed by atoms with Crippen molar-refractivity contribution in [1.82, 2.24) is 0 Å². The van der Waals surface area contributed by atoms with E-state index in [1.54, 1.807) is 0 Å². The van der Waals surface area contributed by atoms with Crippen LogP contribution in [0.4, 0.5) is 0 Å². The Balaban J connectivity index is -0.000000543. The molecular formula is C42H86. The van der Waals surface area contributed by atoms with Crippen molar-refractivity contribution >= 4 is 0 Å². The van der Waals surface area contributed by atoms with Crippen molar-refractivity contribution in [3.63, 3.8) is 0 Å². The summed E-state index contributed by atoms with van der Waals surface area (Å²) in [7, 11) is 0. The molecule has 3 atom stereocenters. The highest BCUT2D eigenvalue weighted by molar-refractivity contribution is 4.91. The van der Waals surface area contributed by atoms with Crippen molar-refractivity contribution < 1.29 is 0 Å². The Hall–Kier alpha value is -0.520. The molecule has 254 valence electrons. The zero-order valence-corrected chi connectivity index (χ0v) is 33.7. The summed E-state index contributed by atoms with van der Waals surface area (Å²) in [6.45, 7) is 48.6. The fourth-order valence-corrected chi connectivity index (χ4v) is 5.50. The van der Waals surface area contributed by atoms with E-state index >= 15 is 0 Å². The van der Waals surface area contributed by atoms with Gasteiger partial charge >= 0.3 is 0 Å². The highest BCUT2D eigenvalue weighted by atomic mass is 14.2. The van der Waals surface area contributed by atoms with Gasteiger partial charge in [0.1, 0.15) is 0 Å². The average Bonchev–Trinajstić information content (AvgIpc) is 2.61. The Morgan fingerprint density at radius 3 is 0.952 bits per heavy atom. The van der Waals surface area contributed by atoms with Crippen LogP contribution in [0.25, 0.3) is 0 Å². The summed E-state index contributed by atoms with van der Waals surface area (Å²) in [4.78, 5) is 0. The second-order valence-corrected chi connectivity index (χ2v) is 21.2. The van der Waals surface area contributed by atoms with E-state index in [2.05, 4.69) is 170 Å². The normalized spacial score (nSPS) is 16.0. The van der Waals surface area contributed by atoms with Crippen molar-refractivity contribution in [1.29, 1.82) is 0 Å². The molecular weight excluding hydrogens is 504 g/mol. The van der Waals surface area contributed by atoms with Crippen molar-refractivity contribution in [3.8, 4) is 0 Å². The third-order valence-electron chi connectivity index (χ3n) is 6.84. The summed E-state index contributed by atoms with van der Waals surface area (Å²) in [6.07, 6.45) is 19.8. The standard InChI is InChI=1S/C14H30.2C14H28/c3*1-12(11-14(5,6)7)9-8-10-13(2,3)4/h12H,8-11H2,1-7H3;2*8-9,12H,10-11H2,1-7H3/b;9-8+;9-8-. The number of hydrogen-bond acceptors (Lipinski definition) is 0. The van der Waals surface area contributed by atoms with E-state index in [-0.39, 0.29) is 0 Å². The monoisotopic (exact) mass is 591 g/mol. The average molecular weight is 591 g/mol. The van der Waals surface area contributed by atoms with Gasteiger partial charge in [0.2, 0.25) is 0 Å². The van der Waals surface area contributed by atoms with Crippen LogP contribution in [0.3, 0.4) is 0 Å². The lowest BCUT2D eigenvalue weighted by Gasteiger charge is -2.24. The van der Waals surface area contributed by atoms with Gasteiger partial charge in [-0.05, 0) is 88.8 Å². The molecule has 0 rings (SSSR count). The van der Waals surface area contributed by atoms with Crippen LogP contribution in [-0.4, -0.2) is 0 Å². The highest BCUT2D eigenvalue weighted by Gasteiger charge is 2.17. The van der Waals surface area contributed by atoms with E-state index in [1.807, 2.05) is 0 Å². The van der Waals surface area contributed by atoms with Crippen molar-refractivity contribution in [3.05, 3.63) is 24.3 Å². The van der Waals surface area contributed by atoms with Crippen molar-refractivity contribution in [2.24, 2.45) is 50.2 Å². The summed E-state index contributed by atoms with van der Waals surface area (Å²) in [5.41, 5.74) is 2.77. The van der Waals surface area contributed by atoms with Crippen LogP contribution in [0.15, 0.2) is 24.3 Å². The molecule has 42 heavy (non-hydrogen) atoms. The zero-order valence-electron chi connectivity index (χ0n) is 33.7. The molecule has 0 amide bonds. The van der Waals surface area contributed by atoms with Gasteiger partial charge < -0.3 is 0 Å². The van der Waals surface area contributed by atoms with Gasteiger partial charge in [-0.3, -0.25) is 0 Å². The number of allylic oxidation sites excluding steroid dienone is 4. The molecule has 0 saturated carbocycles. The molecule has 0 aromatic carbocycles. The Morgan fingerprint density at radius 2 is 0.714 bits per heavy atom. The van der Waals surface area contributed by atoms with E-state index in [9.17, 15) is 0 Å². The molecule has 0 N–H and O–H groups in total. The van der Waals surface area contributed by atoms with Gasteiger partial charge in [-0.15, -0.1) is 0 Å². The molecule has 0 aliphatic rings. The lowest BCUT2D eigenvalue weighted by atomic mass is 9.82. The Bertz CT molecular complexity index is 644. The first kappa shape index (κ1) is 45.9. The molecule has 0 bridgehead atoms. The van der Waals surface area contributed by atoms with Gasteiger partial charge in [-0.25, -0.2) is 0 Å². The molecule has 0 heteroatoms. The van der Waals surface area contributed by atoms with Gasteiger partial charge in [0.05, 0.1) is 0 Å². The first-order valence-corrected chi connectivity index (χ1v) is 17.6. The first-order valence-electron chi connectivity index (χ1n) is 17.6. The van der Waals surface area contributed by atoms with E-state index in [0.29, 0.717) is 44.3 Å². The maximum atomic E-state index is 2.40. The molecule has 3 unspecified atom stereocenters. The highest BCUT2D eigenvalue weighted by Crippen LogP contribution is 2.30. The topological polar surface area (TPSA) is 0 Å². The minimum absolute atomic E-state index is 0.429. The molecule has 0 aromatic heterocycles. The fraction of sp³-hybridized carbons (Fsp3) is 0.905. The quantitative estimate of drug-likeness (QED) is 0.222. The van der Waals surface area contributed by atoms with E-state index < -0.39 is 0 Å². The summed E-state index contributed by atoms with van der Waals surface area (Å²) >= 11 is 0. The second kappa shape index (κ2) is 19.8. The van der Waals surface area contributed by atoms with Gasteiger partial charge in [-0.1, -0.05) is 183 Å². The van der Waals surface area contributed by atoms with Crippen LogP contribution in [0, 0.1) is 50.2 Å². The summed E-state index contributed by atoms with van der Waals surface area (Å²) in [5.74, 6) is 2.30. The summed E-state index contributed by atoms with van der Waals surface area (Å²) < 4.78 is 0. The number of rotatable bonds is 10. The van der Waals surface area contributed by atoms with Gasteiger partial charge in [0.25, 0.3) is 0 Å². The zero-order chi connectivity index (χ0) is 34.2. The third-order valence-corrected chi connectivity index (χ3v) is 6.84. The summed E-state index contributed by atoms with van der Waals surface area (Å²) in [5, 5.41) is 0. The molecule has 0 saturated heterocycles. The van der Waals surface area contributed by atoms with Crippen LogP contribution in [-0.2, 0) is 0 Å². The lowest BCUT2D eigenvalue weighted by Crippen LogP contribution is -2.12. The molecule has 0 aromatic rings. The van der Waals surface area contributed by atoms with E-state index in [1.165, 1.54) is 51.4 Å². The molecule has 0 spiro atoms. The Labute approximate surface area is 270 Å². The first-order chi connectivity index (χ1) is 18.3. The van der Waals surface area contributed by atoms with Crippen LogP contribution < -0.4 is 0 Å². The van der Waals surface area contributed by atoms with Crippen molar-refractivity contribution in [2.45, 2.75) is 197 Å². The third kappa shape index (κ3) is 46.4. The van der Waals surface area contributed by atoms with Crippen molar-refractivity contribution in [2.75, 3.05) is 0 Å². The molecule has 0 aliphatic carbocycles. The predicted octanol–water partition coefficient (Wildman–Crippen LogP) is 15.4. The maximum absolute atomic E-state index is 2.40. The van der Waals surface area contributed by atoms with Gasteiger partial charge in [0, 0.05) is 0 Å². The molecule has 0 aliphatic heterocycles. The summed E-state index contributed by atoms with van der Waals surface area (Å²) in [6, 6.07) is 0. The smallest absolute Gasteiger partial charge is 0.0257 e. The lowest BCUT2D eigenvalue weighted by molar-refractivity contribution is 0.276. The Kier molecular flexibility index (Phi) is 21.6. The van der Waals surface area contributed by atoms with Crippen LogP contribution in [0.5, 0.6) is 0 Å². The van der Waals surface area contributed by atoms with Crippen LogP contribution in [0.2, 0.25) is 0 Å². The minimum atomic E-state index is 0.429. The van der Waals surface area contributed by atoms with Gasteiger partial charge in [0.15, 0.2) is 0 Å². The van der Waals surface area contributed by atoms with Crippen LogP contribution >= 0.6 is 0 Å². The van der Waals surface area contributed by atoms with E-state index in [0.717, 1.165) is 5.92 Å². The Morgan fingerprint density at radius 1 is 0.405 bits per heavy atom.